The van der Waals surface area contributed by atoms with E-state index in [2.05, 4.69) is 13.0 Å². The molecule has 3 heteroatoms. The Morgan fingerprint density at radius 3 is 3.11 bits per heavy atom. The zero-order valence-corrected chi connectivity index (χ0v) is 11.9. The Balaban J connectivity index is 1.69. The summed E-state index contributed by atoms with van der Waals surface area (Å²) in [6.45, 7) is 3.10. The molecular weight excluding hydrogens is 240 g/mol. The zero-order chi connectivity index (χ0) is 13.6. The molecule has 2 fully saturated rings. The molecule has 0 saturated carbocycles. The van der Waals surface area contributed by atoms with Crippen molar-refractivity contribution in [3.63, 3.8) is 0 Å². The van der Waals surface area contributed by atoms with Gasteiger partial charge in [-0.3, -0.25) is 0 Å². The fourth-order valence-corrected chi connectivity index (χ4v) is 2.89. The lowest BCUT2D eigenvalue weighted by molar-refractivity contribution is -0.191. The van der Waals surface area contributed by atoms with Gasteiger partial charge in [-0.25, -0.2) is 0 Å². The Morgan fingerprint density at radius 2 is 2.26 bits per heavy atom. The van der Waals surface area contributed by atoms with Gasteiger partial charge in [-0.05, 0) is 39.0 Å². The molecule has 3 nitrogen and oxygen atoms in total. The van der Waals surface area contributed by atoms with E-state index in [1.165, 1.54) is 12.0 Å². The molecule has 19 heavy (non-hydrogen) atoms. The Kier molecular flexibility index (Phi) is 5.61. The summed E-state index contributed by atoms with van der Waals surface area (Å²) in [7, 11) is 0. The van der Waals surface area contributed by atoms with E-state index in [1.54, 1.807) is 6.08 Å². The van der Waals surface area contributed by atoms with Crippen molar-refractivity contribution in [3.8, 4) is 0 Å². The molecule has 2 heterocycles. The van der Waals surface area contributed by atoms with Crippen molar-refractivity contribution in [1.82, 2.24) is 0 Å². The third-order valence-corrected chi connectivity index (χ3v) is 3.99. The van der Waals surface area contributed by atoms with Gasteiger partial charge in [0.1, 0.15) is 0 Å². The molecule has 0 amide bonds. The molecule has 2 rings (SSSR count). The standard InChI is InChI=1S/C16H26O3/c1-14(7-3-2-4-12-17)8-5-10-16-11-6-9-15(19-16)13-18-16/h2,4,8,15,17H,3,5-7,9-13H2,1H3/b4-2+,14-8+/t15-,16+/m0/s1. The van der Waals surface area contributed by atoms with Crippen LogP contribution in [0.3, 0.4) is 0 Å². The van der Waals surface area contributed by atoms with E-state index >= 15 is 0 Å². The van der Waals surface area contributed by atoms with Gasteiger partial charge in [0, 0.05) is 12.8 Å². The summed E-state index contributed by atoms with van der Waals surface area (Å²) in [5.74, 6) is -0.267. The predicted molar refractivity (Wildman–Crippen MR) is 75.9 cm³/mol. The number of allylic oxidation sites excluding steroid dienone is 3. The van der Waals surface area contributed by atoms with Crippen LogP contribution in [0.15, 0.2) is 23.8 Å². The Hall–Kier alpha value is -0.640. The molecular formula is C16H26O3. The number of fused-ring (bicyclic) bond motifs is 2. The fraction of sp³-hybridized carbons (Fsp3) is 0.750. The number of rotatable bonds is 7. The molecule has 0 unspecified atom stereocenters. The highest BCUT2D eigenvalue weighted by Crippen LogP contribution is 2.39. The molecule has 0 aromatic carbocycles. The van der Waals surface area contributed by atoms with Gasteiger partial charge < -0.3 is 14.6 Å². The van der Waals surface area contributed by atoms with E-state index < -0.39 is 0 Å². The maximum atomic E-state index is 8.65. The molecule has 0 aromatic heterocycles. The van der Waals surface area contributed by atoms with Crippen LogP contribution in [0.4, 0.5) is 0 Å². The second kappa shape index (κ2) is 7.22. The van der Waals surface area contributed by atoms with E-state index in [9.17, 15) is 0 Å². The summed E-state index contributed by atoms with van der Waals surface area (Å²) in [5.41, 5.74) is 1.41. The monoisotopic (exact) mass is 266 g/mol. The first-order valence-electron chi connectivity index (χ1n) is 7.47. The van der Waals surface area contributed by atoms with Crippen molar-refractivity contribution < 1.29 is 14.6 Å². The molecule has 2 aliphatic rings. The SMILES string of the molecule is C/C(=C\CC[C@@]12CCC[C@@H](CO1)O2)CC/C=C/CO. The van der Waals surface area contributed by atoms with Crippen molar-refractivity contribution in [2.75, 3.05) is 13.2 Å². The molecule has 2 aliphatic heterocycles. The minimum absolute atomic E-state index is 0.140. The number of hydrogen-bond acceptors (Lipinski definition) is 3. The topological polar surface area (TPSA) is 38.7 Å². The van der Waals surface area contributed by atoms with Crippen LogP contribution in [-0.2, 0) is 9.47 Å². The summed E-state index contributed by atoms with van der Waals surface area (Å²) < 4.78 is 11.9. The molecule has 0 aromatic rings. The van der Waals surface area contributed by atoms with Gasteiger partial charge in [0.05, 0.1) is 19.3 Å². The van der Waals surface area contributed by atoms with E-state index in [0.717, 1.165) is 45.1 Å². The van der Waals surface area contributed by atoms with Crippen LogP contribution in [0.2, 0.25) is 0 Å². The van der Waals surface area contributed by atoms with E-state index in [4.69, 9.17) is 14.6 Å². The summed E-state index contributed by atoms with van der Waals surface area (Å²) in [6.07, 6.45) is 14.0. The first kappa shape index (κ1) is 14.8. The summed E-state index contributed by atoms with van der Waals surface area (Å²) in [5, 5.41) is 8.65. The number of aliphatic hydroxyl groups is 1. The minimum atomic E-state index is -0.267. The Bertz CT molecular complexity index is 331. The van der Waals surface area contributed by atoms with E-state index in [0.29, 0.717) is 6.10 Å². The lowest BCUT2D eigenvalue weighted by Gasteiger charge is -2.31. The van der Waals surface area contributed by atoms with Crippen LogP contribution in [0.5, 0.6) is 0 Å². The summed E-state index contributed by atoms with van der Waals surface area (Å²) in [6, 6.07) is 0. The highest BCUT2D eigenvalue weighted by molar-refractivity contribution is 5.01. The zero-order valence-electron chi connectivity index (χ0n) is 11.9. The van der Waals surface area contributed by atoms with Gasteiger partial charge in [0.2, 0.25) is 0 Å². The molecule has 2 bridgehead atoms. The number of ether oxygens (including phenoxy) is 2. The van der Waals surface area contributed by atoms with Crippen LogP contribution in [0.25, 0.3) is 0 Å². The number of aliphatic hydroxyl groups excluding tert-OH is 1. The fourth-order valence-electron chi connectivity index (χ4n) is 2.89. The van der Waals surface area contributed by atoms with Crippen LogP contribution in [0, 0.1) is 0 Å². The van der Waals surface area contributed by atoms with Gasteiger partial charge in [-0.15, -0.1) is 0 Å². The van der Waals surface area contributed by atoms with Crippen molar-refractivity contribution in [2.45, 2.75) is 63.8 Å². The second-order valence-corrected chi connectivity index (χ2v) is 5.64. The Labute approximate surface area is 116 Å². The lowest BCUT2D eigenvalue weighted by atomic mass is 9.98. The average molecular weight is 266 g/mol. The predicted octanol–water partition coefficient (Wildman–Crippen LogP) is 3.34. The van der Waals surface area contributed by atoms with Crippen molar-refractivity contribution >= 4 is 0 Å². The molecule has 0 radical (unpaired) electrons. The lowest BCUT2D eigenvalue weighted by Crippen LogP contribution is -2.33. The highest BCUT2D eigenvalue weighted by atomic mass is 16.7. The maximum absolute atomic E-state index is 8.65. The normalized spacial score (nSPS) is 31.3. The molecule has 108 valence electrons. The van der Waals surface area contributed by atoms with E-state index in [-0.39, 0.29) is 12.4 Å². The maximum Gasteiger partial charge on any atom is 0.169 e. The van der Waals surface area contributed by atoms with Gasteiger partial charge in [-0.1, -0.05) is 23.8 Å². The van der Waals surface area contributed by atoms with Crippen molar-refractivity contribution in [3.05, 3.63) is 23.8 Å². The third-order valence-electron chi connectivity index (χ3n) is 3.99. The smallest absolute Gasteiger partial charge is 0.169 e. The first-order chi connectivity index (χ1) is 9.24. The van der Waals surface area contributed by atoms with Crippen LogP contribution >= 0.6 is 0 Å². The largest absolute Gasteiger partial charge is 0.392 e. The molecule has 0 aliphatic carbocycles. The quantitative estimate of drug-likeness (QED) is 0.718. The summed E-state index contributed by atoms with van der Waals surface area (Å²) in [4.78, 5) is 0. The third kappa shape index (κ3) is 4.44. The van der Waals surface area contributed by atoms with Gasteiger partial charge in [0.15, 0.2) is 5.79 Å². The molecule has 0 spiro atoms. The van der Waals surface area contributed by atoms with Crippen molar-refractivity contribution in [2.24, 2.45) is 0 Å². The second-order valence-electron chi connectivity index (χ2n) is 5.64. The summed E-state index contributed by atoms with van der Waals surface area (Å²) >= 11 is 0. The number of hydrogen-bond donors (Lipinski definition) is 1. The van der Waals surface area contributed by atoms with Gasteiger partial charge >= 0.3 is 0 Å². The minimum Gasteiger partial charge on any atom is -0.392 e. The molecule has 2 atom stereocenters. The average Bonchev–Trinajstić information content (AvgIpc) is 2.70. The first-order valence-corrected chi connectivity index (χ1v) is 7.47. The van der Waals surface area contributed by atoms with Gasteiger partial charge in [-0.2, -0.15) is 0 Å². The van der Waals surface area contributed by atoms with E-state index in [1.807, 2.05) is 6.08 Å². The van der Waals surface area contributed by atoms with Gasteiger partial charge in [0.25, 0.3) is 0 Å². The van der Waals surface area contributed by atoms with Crippen molar-refractivity contribution in [1.29, 1.82) is 0 Å². The van der Waals surface area contributed by atoms with Crippen LogP contribution in [0.1, 0.15) is 51.9 Å². The highest BCUT2D eigenvalue weighted by Gasteiger charge is 2.43. The molecule has 1 N–H and O–H groups in total. The van der Waals surface area contributed by atoms with Crippen LogP contribution < -0.4 is 0 Å². The molecule has 2 saturated heterocycles. The Morgan fingerprint density at radius 1 is 1.37 bits per heavy atom. The van der Waals surface area contributed by atoms with Crippen LogP contribution in [-0.4, -0.2) is 30.2 Å².